The number of esters is 1. The maximum atomic E-state index is 11.5. The second kappa shape index (κ2) is 7.56. The Hall–Kier alpha value is -1.85. The van der Waals surface area contributed by atoms with Crippen molar-refractivity contribution in [3.63, 3.8) is 0 Å². The smallest absolute Gasteiger partial charge is 0.326 e. The number of rotatable bonds is 6. The lowest BCUT2D eigenvalue weighted by atomic mass is 10.1. The first-order valence-corrected chi connectivity index (χ1v) is 6.03. The van der Waals surface area contributed by atoms with Crippen molar-refractivity contribution in [2.24, 2.45) is 0 Å². The summed E-state index contributed by atoms with van der Waals surface area (Å²) in [5.41, 5.74) is -0.607. The summed E-state index contributed by atoms with van der Waals surface area (Å²) in [4.78, 5) is 33.7. The molecule has 0 aromatic carbocycles. The number of carbonyl (C=O) groups is 3. The first kappa shape index (κ1) is 17.2. The molecule has 0 radical (unpaired) electrons. The number of hydrogen-bond acceptors (Lipinski definition) is 4. The lowest BCUT2D eigenvalue weighted by Crippen LogP contribution is -2.40. The minimum Gasteiger partial charge on any atom is -0.480 e. The predicted octanol–water partition coefficient (Wildman–Crippen LogP) is 1.25. The number of carboxylic acid groups (broad SMARTS) is 1. The summed E-state index contributed by atoms with van der Waals surface area (Å²) in [7, 11) is 0. The maximum Gasteiger partial charge on any atom is 0.326 e. The van der Waals surface area contributed by atoms with Crippen LogP contribution in [-0.2, 0) is 19.1 Å². The van der Waals surface area contributed by atoms with Gasteiger partial charge in [0.25, 0.3) is 0 Å². The van der Waals surface area contributed by atoms with Gasteiger partial charge in [-0.05, 0) is 40.2 Å². The number of carboxylic acids is 1. The van der Waals surface area contributed by atoms with Gasteiger partial charge in [-0.2, -0.15) is 0 Å². The van der Waals surface area contributed by atoms with Gasteiger partial charge in [-0.25, -0.2) is 4.79 Å². The molecule has 1 amide bonds. The third-order valence-electron chi connectivity index (χ3n) is 1.99. The van der Waals surface area contributed by atoms with Crippen molar-refractivity contribution in [3.8, 4) is 0 Å². The molecule has 0 fully saturated rings. The normalized spacial score (nSPS) is 13.1. The number of aliphatic carboxylic acids is 1. The van der Waals surface area contributed by atoms with E-state index in [4.69, 9.17) is 9.84 Å². The predicted molar refractivity (Wildman–Crippen MR) is 69.5 cm³/mol. The van der Waals surface area contributed by atoms with E-state index in [0.29, 0.717) is 0 Å². The van der Waals surface area contributed by atoms with Crippen LogP contribution < -0.4 is 5.32 Å². The van der Waals surface area contributed by atoms with Crippen molar-refractivity contribution in [3.05, 3.63) is 12.2 Å². The summed E-state index contributed by atoms with van der Waals surface area (Å²) in [5, 5.41) is 11.2. The fourth-order valence-corrected chi connectivity index (χ4v) is 1.28. The van der Waals surface area contributed by atoms with Gasteiger partial charge < -0.3 is 15.2 Å². The summed E-state index contributed by atoms with van der Waals surface area (Å²) in [5.74, 6) is -2.17. The highest BCUT2D eigenvalue weighted by Gasteiger charge is 2.22. The van der Waals surface area contributed by atoms with Gasteiger partial charge >= 0.3 is 11.9 Å². The maximum absolute atomic E-state index is 11.5. The zero-order valence-electron chi connectivity index (χ0n) is 11.7. The summed E-state index contributed by atoms with van der Waals surface area (Å²) in [6.45, 7) is 6.84. The molecule has 0 saturated heterocycles. The van der Waals surface area contributed by atoms with Crippen LogP contribution in [0.15, 0.2) is 12.2 Å². The number of hydrogen-bond donors (Lipinski definition) is 2. The Balaban J connectivity index is 4.34. The minimum atomic E-state index is -1.18. The summed E-state index contributed by atoms with van der Waals surface area (Å²) >= 11 is 0. The third kappa shape index (κ3) is 8.82. The average molecular weight is 271 g/mol. The van der Waals surface area contributed by atoms with Crippen LogP contribution in [0.25, 0.3) is 0 Å². The molecule has 1 atom stereocenters. The largest absolute Gasteiger partial charge is 0.480 e. The van der Waals surface area contributed by atoms with E-state index >= 15 is 0 Å². The average Bonchev–Trinajstić information content (AvgIpc) is 2.21. The van der Waals surface area contributed by atoms with E-state index in [1.165, 1.54) is 12.2 Å². The van der Waals surface area contributed by atoms with Crippen molar-refractivity contribution >= 4 is 17.8 Å². The fraction of sp³-hybridized carbons (Fsp3) is 0.615. The standard InChI is InChI=1S/C13H21NO5/c1-5-6-10(15)14-9(12(17)18)7-8-11(16)19-13(2,3)4/h5-6,9H,7-8H2,1-4H3,(H,14,15)(H,17,18)/b6-5+/t9-/m1/s1. The molecule has 0 rings (SSSR count). The molecular formula is C13H21NO5. The minimum absolute atomic E-state index is 0.00641. The number of allylic oxidation sites excluding steroid dienone is 1. The van der Waals surface area contributed by atoms with E-state index in [1.54, 1.807) is 27.7 Å². The zero-order chi connectivity index (χ0) is 15.1. The highest BCUT2D eigenvalue weighted by molar-refractivity contribution is 5.91. The van der Waals surface area contributed by atoms with E-state index in [9.17, 15) is 14.4 Å². The van der Waals surface area contributed by atoms with Crippen molar-refractivity contribution in [2.75, 3.05) is 0 Å². The molecule has 6 heteroatoms. The first-order valence-electron chi connectivity index (χ1n) is 6.03. The van der Waals surface area contributed by atoms with Crippen molar-refractivity contribution < 1.29 is 24.2 Å². The van der Waals surface area contributed by atoms with Crippen molar-refractivity contribution in [1.82, 2.24) is 5.32 Å². The summed E-state index contributed by atoms with van der Waals surface area (Å²) in [6, 6.07) is -1.10. The topological polar surface area (TPSA) is 92.7 Å². The number of carbonyl (C=O) groups excluding carboxylic acids is 2. The molecule has 108 valence electrons. The Kier molecular flexibility index (Phi) is 6.82. The van der Waals surface area contributed by atoms with Gasteiger partial charge in [0, 0.05) is 6.42 Å². The Morgan fingerprint density at radius 2 is 1.89 bits per heavy atom. The van der Waals surface area contributed by atoms with Gasteiger partial charge in [0.2, 0.25) is 5.91 Å². The third-order valence-corrected chi connectivity index (χ3v) is 1.99. The SMILES string of the molecule is C/C=C/C(=O)N[C@H](CCC(=O)OC(C)(C)C)C(=O)O. The van der Waals surface area contributed by atoms with Crippen molar-refractivity contribution in [1.29, 1.82) is 0 Å². The monoisotopic (exact) mass is 271 g/mol. The Morgan fingerprint density at radius 1 is 1.32 bits per heavy atom. The lowest BCUT2D eigenvalue weighted by Gasteiger charge is -2.20. The summed E-state index contributed by atoms with van der Waals surface area (Å²) in [6.07, 6.45) is 2.66. The first-order chi connectivity index (χ1) is 8.65. The number of ether oxygens (including phenoxy) is 1. The van der Waals surface area contributed by atoms with Crippen LogP contribution >= 0.6 is 0 Å². The summed E-state index contributed by atoms with van der Waals surface area (Å²) < 4.78 is 5.06. The van der Waals surface area contributed by atoms with E-state index in [2.05, 4.69) is 5.32 Å². The molecule has 0 aliphatic carbocycles. The van der Waals surface area contributed by atoms with Gasteiger partial charge in [0.15, 0.2) is 0 Å². The van der Waals surface area contributed by atoms with E-state index < -0.39 is 29.5 Å². The second-order valence-corrected chi connectivity index (χ2v) is 5.02. The van der Waals surface area contributed by atoms with Crippen LogP contribution in [0.2, 0.25) is 0 Å². The van der Waals surface area contributed by atoms with Gasteiger partial charge in [0.1, 0.15) is 11.6 Å². The number of nitrogens with one attached hydrogen (secondary N) is 1. The van der Waals surface area contributed by atoms with Gasteiger partial charge in [-0.1, -0.05) is 6.08 Å². The van der Waals surface area contributed by atoms with E-state index in [-0.39, 0.29) is 12.8 Å². The molecule has 0 aliphatic heterocycles. The molecule has 6 nitrogen and oxygen atoms in total. The molecule has 0 aromatic heterocycles. The second-order valence-electron chi connectivity index (χ2n) is 5.02. The molecule has 19 heavy (non-hydrogen) atoms. The molecule has 0 heterocycles. The Labute approximate surface area is 112 Å². The molecule has 0 aromatic rings. The Bertz CT molecular complexity index is 368. The van der Waals surface area contributed by atoms with Gasteiger partial charge in [0.05, 0.1) is 0 Å². The van der Waals surface area contributed by atoms with Crippen LogP contribution in [-0.4, -0.2) is 34.6 Å². The Morgan fingerprint density at radius 3 is 2.32 bits per heavy atom. The molecule has 0 bridgehead atoms. The van der Waals surface area contributed by atoms with E-state index in [1.807, 2.05) is 0 Å². The van der Waals surface area contributed by atoms with Crippen LogP contribution in [0.4, 0.5) is 0 Å². The van der Waals surface area contributed by atoms with Crippen LogP contribution in [0, 0.1) is 0 Å². The lowest BCUT2D eigenvalue weighted by molar-refractivity contribution is -0.155. The van der Waals surface area contributed by atoms with Crippen LogP contribution in [0.3, 0.4) is 0 Å². The highest BCUT2D eigenvalue weighted by Crippen LogP contribution is 2.10. The number of amides is 1. The fourth-order valence-electron chi connectivity index (χ4n) is 1.28. The molecule has 0 unspecified atom stereocenters. The van der Waals surface area contributed by atoms with E-state index in [0.717, 1.165) is 0 Å². The van der Waals surface area contributed by atoms with Crippen molar-refractivity contribution in [2.45, 2.75) is 52.2 Å². The molecule has 0 spiro atoms. The molecular weight excluding hydrogens is 250 g/mol. The van der Waals surface area contributed by atoms with Gasteiger partial charge in [-0.15, -0.1) is 0 Å². The molecule has 0 aliphatic rings. The zero-order valence-corrected chi connectivity index (χ0v) is 11.7. The quantitative estimate of drug-likeness (QED) is 0.560. The van der Waals surface area contributed by atoms with Crippen LogP contribution in [0.1, 0.15) is 40.5 Å². The van der Waals surface area contributed by atoms with Crippen LogP contribution in [0.5, 0.6) is 0 Å². The van der Waals surface area contributed by atoms with Gasteiger partial charge in [-0.3, -0.25) is 9.59 Å². The molecule has 2 N–H and O–H groups in total. The molecule has 0 saturated carbocycles. The highest BCUT2D eigenvalue weighted by atomic mass is 16.6.